The van der Waals surface area contributed by atoms with Crippen LogP contribution in [0.3, 0.4) is 0 Å². The van der Waals surface area contributed by atoms with Crippen molar-refractivity contribution in [3.8, 4) is 11.3 Å². The maximum Gasteiger partial charge on any atom is 0.153 e. The van der Waals surface area contributed by atoms with Gasteiger partial charge in [0.2, 0.25) is 0 Å². The summed E-state index contributed by atoms with van der Waals surface area (Å²) in [5.74, 6) is 0. The minimum absolute atomic E-state index is 0.775. The van der Waals surface area contributed by atoms with Crippen molar-refractivity contribution < 1.29 is 0 Å². The first-order valence-electron chi connectivity index (χ1n) is 8.59. The van der Waals surface area contributed by atoms with Gasteiger partial charge in [-0.25, -0.2) is 9.50 Å². The van der Waals surface area contributed by atoms with Gasteiger partial charge in [0, 0.05) is 23.6 Å². The minimum Gasteiger partial charge on any atom is -0.256 e. The number of imidazole rings is 1. The number of rotatable bonds is 3. The molecular weight excluding hydrogens is 320 g/mol. The number of hydrogen-bond acceptors (Lipinski definition) is 3. The lowest BCUT2D eigenvalue weighted by Gasteiger charge is -2.05. The monoisotopic (exact) mass is 336 g/mol. The summed E-state index contributed by atoms with van der Waals surface area (Å²) < 4.78 is 1.94. The van der Waals surface area contributed by atoms with Gasteiger partial charge in [0.05, 0.1) is 23.1 Å². The van der Waals surface area contributed by atoms with Crippen molar-refractivity contribution in [3.63, 3.8) is 0 Å². The van der Waals surface area contributed by atoms with Crippen LogP contribution in [0.15, 0.2) is 85.2 Å². The molecule has 26 heavy (non-hydrogen) atoms. The summed E-state index contributed by atoms with van der Waals surface area (Å²) in [6.45, 7) is 0. The summed E-state index contributed by atoms with van der Waals surface area (Å²) in [7, 11) is 0. The van der Waals surface area contributed by atoms with Crippen molar-refractivity contribution in [1.29, 1.82) is 0 Å². The molecule has 0 radical (unpaired) electrons. The van der Waals surface area contributed by atoms with Gasteiger partial charge < -0.3 is 0 Å². The predicted octanol–water partition coefficient (Wildman–Crippen LogP) is 4.54. The largest absolute Gasteiger partial charge is 0.256 e. The van der Waals surface area contributed by atoms with Crippen LogP contribution in [-0.4, -0.2) is 19.6 Å². The number of fused-ring (bicyclic) bond motifs is 2. The van der Waals surface area contributed by atoms with Crippen LogP contribution in [0.5, 0.6) is 0 Å². The van der Waals surface area contributed by atoms with E-state index in [4.69, 9.17) is 5.10 Å². The zero-order valence-electron chi connectivity index (χ0n) is 14.1. The molecule has 0 aliphatic heterocycles. The van der Waals surface area contributed by atoms with E-state index in [1.165, 1.54) is 5.56 Å². The third kappa shape index (κ3) is 2.62. The van der Waals surface area contributed by atoms with E-state index in [0.29, 0.717) is 0 Å². The smallest absolute Gasteiger partial charge is 0.153 e. The van der Waals surface area contributed by atoms with Crippen LogP contribution in [0.2, 0.25) is 0 Å². The molecule has 0 amide bonds. The van der Waals surface area contributed by atoms with E-state index in [1.54, 1.807) is 0 Å². The van der Waals surface area contributed by atoms with Gasteiger partial charge >= 0.3 is 0 Å². The first-order valence-corrected chi connectivity index (χ1v) is 8.59. The molecule has 0 aliphatic carbocycles. The van der Waals surface area contributed by atoms with Gasteiger partial charge in [-0.2, -0.15) is 5.10 Å². The standard InChI is InChI=1S/C22H16N4/c1-2-5-17(6-3-1)21-10-11-22-24-15-19(26(22)25-21)14-16-8-9-20-18(13-16)7-4-12-23-20/h1-13,15H,14H2. The van der Waals surface area contributed by atoms with E-state index >= 15 is 0 Å². The van der Waals surface area contributed by atoms with Gasteiger partial charge in [0.1, 0.15) is 0 Å². The number of pyridine rings is 1. The molecule has 0 spiro atoms. The fourth-order valence-electron chi connectivity index (χ4n) is 3.25. The highest BCUT2D eigenvalue weighted by Crippen LogP contribution is 2.20. The summed E-state index contributed by atoms with van der Waals surface area (Å²) in [4.78, 5) is 8.88. The zero-order chi connectivity index (χ0) is 17.3. The van der Waals surface area contributed by atoms with Crippen molar-refractivity contribution in [3.05, 3.63) is 96.4 Å². The van der Waals surface area contributed by atoms with Gasteiger partial charge in [0.25, 0.3) is 0 Å². The van der Waals surface area contributed by atoms with Crippen LogP contribution < -0.4 is 0 Å². The van der Waals surface area contributed by atoms with Gasteiger partial charge in [-0.15, -0.1) is 0 Å². The van der Waals surface area contributed by atoms with Crippen molar-refractivity contribution in [2.75, 3.05) is 0 Å². The Morgan fingerprint density at radius 1 is 0.808 bits per heavy atom. The van der Waals surface area contributed by atoms with Crippen molar-refractivity contribution in [1.82, 2.24) is 19.6 Å². The Balaban J connectivity index is 1.55. The molecule has 0 fully saturated rings. The molecule has 5 aromatic rings. The predicted molar refractivity (Wildman–Crippen MR) is 103 cm³/mol. The fraction of sp³-hybridized carbons (Fsp3) is 0.0455. The van der Waals surface area contributed by atoms with E-state index in [2.05, 4.69) is 46.4 Å². The lowest BCUT2D eigenvalue weighted by Crippen LogP contribution is -2.00. The van der Waals surface area contributed by atoms with Crippen LogP contribution in [0, 0.1) is 0 Å². The second-order valence-electron chi connectivity index (χ2n) is 6.31. The fourth-order valence-corrected chi connectivity index (χ4v) is 3.25. The highest BCUT2D eigenvalue weighted by atomic mass is 15.3. The summed E-state index contributed by atoms with van der Waals surface area (Å²) >= 11 is 0. The molecule has 124 valence electrons. The molecule has 0 saturated carbocycles. The third-order valence-corrected chi connectivity index (χ3v) is 4.56. The molecule has 0 atom stereocenters. The number of benzene rings is 2. The Bertz CT molecular complexity index is 1210. The molecule has 4 nitrogen and oxygen atoms in total. The van der Waals surface area contributed by atoms with Crippen LogP contribution in [0.25, 0.3) is 27.8 Å². The van der Waals surface area contributed by atoms with Gasteiger partial charge in [-0.05, 0) is 35.9 Å². The summed E-state index contributed by atoms with van der Waals surface area (Å²) in [5, 5.41) is 5.96. The molecule has 0 bridgehead atoms. The topological polar surface area (TPSA) is 43.1 Å². The molecule has 0 saturated heterocycles. The first-order chi connectivity index (χ1) is 12.9. The second kappa shape index (κ2) is 6.08. The molecule has 0 aliphatic rings. The quantitative estimate of drug-likeness (QED) is 0.486. The highest BCUT2D eigenvalue weighted by Gasteiger charge is 2.08. The summed E-state index contributed by atoms with van der Waals surface area (Å²) in [5.41, 5.74) is 6.21. The van der Waals surface area contributed by atoms with Crippen LogP contribution in [-0.2, 0) is 6.42 Å². The molecule has 3 heterocycles. The van der Waals surface area contributed by atoms with Crippen molar-refractivity contribution >= 4 is 16.6 Å². The van der Waals surface area contributed by atoms with E-state index in [0.717, 1.165) is 39.9 Å². The van der Waals surface area contributed by atoms with E-state index < -0.39 is 0 Å². The van der Waals surface area contributed by atoms with E-state index in [9.17, 15) is 0 Å². The molecule has 4 heteroatoms. The number of hydrogen-bond donors (Lipinski definition) is 0. The Kier molecular flexibility index (Phi) is 3.46. The molecule has 2 aromatic carbocycles. The molecule has 0 N–H and O–H groups in total. The van der Waals surface area contributed by atoms with E-state index in [-0.39, 0.29) is 0 Å². The normalized spacial score (nSPS) is 11.2. The van der Waals surface area contributed by atoms with Crippen LogP contribution in [0.1, 0.15) is 11.3 Å². The maximum absolute atomic E-state index is 4.81. The second-order valence-corrected chi connectivity index (χ2v) is 6.31. The lowest BCUT2D eigenvalue weighted by molar-refractivity contribution is 0.876. The van der Waals surface area contributed by atoms with Crippen LogP contribution in [0.4, 0.5) is 0 Å². The Hall–Kier alpha value is -3.53. The Morgan fingerprint density at radius 3 is 2.65 bits per heavy atom. The summed E-state index contributed by atoms with van der Waals surface area (Å²) in [6, 6.07) is 24.7. The first kappa shape index (κ1) is 14.8. The third-order valence-electron chi connectivity index (χ3n) is 4.56. The Morgan fingerprint density at radius 2 is 1.73 bits per heavy atom. The van der Waals surface area contributed by atoms with Crippen molar-refractivity contribution in [2.24, 2.45) is 0 Å². The average Bonchev–Trinajstić information content (AvgIpc) is 3.10. The van der Waals surface area contributed by atoms with Gasteiger partial charge in [-0.1, -0.05) is 42.5 Å². The molecular formula is C22H16N4. The lowest BCUT2D eigenvalue weighted by atomic mass is 10.1. The van der Waals surface area contributed by atoms with Crippen LogP contribution >= 0.6 is 0 Å². The van der Waals surface area contributed by atoms with Gasteiger partial charge in [0.15, 0.2) is 5.65 Å². The Labute approximate surface area is 150 Å². The number of aromatic nitrogens is 4. The van der Waals surface area contributed by atoms with Gasteiger partial charge in [-0.3, -0.25) is 4.98 Å². The molecule has 3 aromatic heterocycles. The van der Waals surface area contributed by atoms with E-state index in [1.807, 2.05) is 53.3 Å². The molecule has 5 rings (SSSR count). The minimum atomic E-state index is 0.775. The maximum atomic E-state index is 4.81. The summed E-state index contributed by atoms with van der Waals surface area (Å²) in [6.07, 6.45) is 4.50. The zero-order valence-corrected chi connectivity index (χ0v) is 14.1. The molecule has 0 unspecified atom stereocenters. The van der Waals surface area contributed by atoms with Crippen molar-refractivity contribution in [2.45, 2.75) is 6.42 Å². The average molecular weight is 336 g/mol. The number of nitrogens with zero attached hydrogens (tertiary/aromatic N) is 4. The SMILES string of the molecule is c1ccc(-c2ccc3ncc(Cc4ccc5ncccc5c4)n3n2)cc1. The highest BCUT2D eigenvalue weighted by molar-refractivity contribution is 5.79.